The first kappa shape index (κ1) is 24.9. The van der Waals surface area contributed by atoms with Gasteiger partial charge in [-0.1, -0.05) is 57.0 Å². The van der Waals surface area contributed by atoms with E-state index in [1.165, 1.54) is 9.47 Å². The maximum Gasteiger partial charge on any atom is 0.330 e. The first-order valence-corrected chi connectivity index (χ1v) is 11.1. The second kappa shape index (κ2) is 12.5. The van der Waals surface area contributed by atoms with E-state index in [1.54, 1.807) is 0 Å². The van der Waals surface area contributed by atoms with Gasteiger partial charge in [0, 0.05) is 26.1 Å². The van der Waals surface area contributed by atoms with Crippen LogP contribution in [0.5, 0.6) is 0 Å². The molecular weight excluding hydrogens is 410 g/mol. The molecule has 32 heavy (non-hydrogen) atoms. The molecule has 0 atom stereocenters. The summed E-state index contributed by atoms with van der Waals surface area (Å²) in [6.07, 6.45) is 3.28. The van der Waals surface area contributed by atoms with Gasteiger partial charge in [0.25, 0.3) is 5.56 Å². The van der Waals surface area contributed by atoms with Crippen LogP contribution in [0.1, 0.15) is 51.5 Å². The Morgan fingerprint density at radius 2 is 1.78 bits per heavy atom. The number of anilines is 2. The van der Waals surface area contributed by atoms with Gasteiger partial charge in [0.15, 0.2) is 5.69 Å². The quantitative estimate of drug-likeness (QED) is 0.460. The lowest BCUT2D eigenvalue weighted by atomic mass is 10.1. The van der Waals surface area contributed by atoms with Crippen molar-refractivity contribution in [3.05, 3.63) is 56.7 Å². The molecule has 0 fully saturated rings. The zero-order valence-electron chi connectivity index (χ0n) is 18.9. The molecule has 9 heteroatoms. The number of nitrogens with two attached hydrogens (primary N) is 1. The molecule has 0 radical (unpaired) electrons. The molecule has 4 N–H and O–H groups in total. The second-order valence-corrected chi connectivity index (χ2v) is 7.66. The van der Waals surface area contributed by atoms with Gasteiger partial charge in [-0.2, -0.15) is 0 Å². The largest absolute Gasteiger partial charge is 0.383 e. The van der Waals surface area contributed by atoms with E-state index in [2.05, 4.69) is 10.3 Å². The number of nitrogen functional groups attached to an aromatic ring is 1. The zero-order valence-corrected chi connectivity index (χ0v) is 18.9. The minimum atomic E-state index is -0.683. The fourth-order valence-corrected chi connectivity index (χ4v) is 3.34. The van der Waals surface area contributed by atoms with Gasteiger partial charge in [0.2, 0.25) is 11.8 Å². The number of aromatic amines is 1. The molecule has 0 unspecified atom stereocenters. The predicted octanol–water partition coefficient (Wildman–Crippen LogP) is 1.80. The summed E-state index contributed by atoms with van der Waals surface area (Å²) in [5, 5.41) is 2.74. The summed E-state index contributed by atoms with van der Waals surface area (Å²) in [6.45, 7) is 4.75. The first-order valence-electron chi connectivity index (χ1n) is 11.1. The van der Waals surface area contributed by atoms with E-state index in [9.17, 15) is 19.2 Å². The van der Waals surface area contributed by atoms with E-state index in [0.29, 0.717) is 25.9 Å². The molecule has 0 saturated carbocycles. The monoisotopic (exact) mass is 443 g/mol. The Kier molecular flexibility index (Phi) is 9.72. The Hall–Kier alpha value is -3.36. The van der Waals surface area contributed by atoms with Crippen LogP contribution in [0, 0.1) is 0 Å². The van der Waals surface area contributed by atoms with Crippen molar-refractivity contribution in [2.75, 3.05) is 23.7 Å². The normalized spacial score (nSPS) is 10.7. The summed E-state index contributed by atoms with van der Waals surface area (Å²) >= 11 is 0. The molecule has 0 aliphatic heterocycles. The smallest absolute Gasteiger partial charge is 0.330 e. The third-order valence-electron chi connectivity index (χ3n) is 5.12. The average molecular weight is 444 g/mol. The molecule has 0 bridgehead atoms. The van der Waals surface area contributed by atoms with E-state index >= 15 is 0 Å². The summed E-state index contributed by atoms with van der Waals surface area (Å²) in [4.78, 5) is 53.5. The Morgan fingerprint density at radius 1 is 1.09 bits per heavy atom. The van der Waals surface area contributed by atoms with Crippen molar-refractivity contribution in [2.24, 2.45) is 0 Å². The van der Waals surface area contributed by atoms with Gasteiger partial charge in [-0.3, -0.25) is 23.9 Å². The van der Waals surface area contributed by atoms with Crippen molar-refractivity contribution in [3.8, 4) is 0 Å². The van der Waals surface area contributed by atoms with E-state index < -0.39 is 11.2 Å². The van der Waals surface area contributed by atoms with E-state index in [0.717, 1.165) is 18.4 Å². The van der Waals surface area contributed by atoms with Gasteiger partial charge < -0.3 is 16.0 Å². The molecule has 2 aromatic rings. The lowest BCUT2D eigenvalue weighted by Crippen LogP contribution is -2.42. The Morgan fingerprint density at radius 3 is 2.44 bits per heavy atom. The van der Waals surface area contributed by atoms with E-state index in [1.807, 2.05) is 44.2 Å². The average Bonchev–Trinajstić information content (AvgIpc) is 2.76. The zero-order chi connectivity index (χ0) is 23.5. The number of rotatable bonds is 12. The molecule has 2 rings (SSSR count). The second-order valence-electron chi connectivity index (χ2n) is 7.66. The minimum Gasteiger partial charge on any atom is -0.383 e. The molecule has 1 aromatic carbocycles. The number of hydrogen-bond donors (Lipinski definition) is 3. The molecule has 9 nitrogen and oxygen atoms in total. The summed E-state index contributed by atoms with van der Waals surface area (Å²) in [7, 11) is 0. The van der Waals surface area contributed by atoms with Crippen LogP contribution in [0.4, 0.5) is 11.5 Å². The van der Waals surface area contributed by atoms with Crippen LogP contribution in [0.25, 0.3) is 0 Å². The predicted molar refractivity (Wildman–Crippen MR) is 126 cm³/mol. The first-order chi connectivity index (χ1) is 15.4. The number of amides is 2. The highest BCUT2D eigenvalue weighted by Crippen LogP contribution is 2.19. The number of carbonyl (C=O) groups excluding carboxylic acids is 2. The molecule has 174 valence electrons. The highest BCUT2D eigenvalue weighted by Gasteiger charge is 2.23. The number of carbonyl (C=O) groups is 2. The van der Waals surface area contributed by atoms with E-state index in [4.69, 9.17) is 5.73 Å². The van der Waals surface area contributed by atoms with Crippen molar-refractivity contribution in [1.82, 2.24) is 14.9 Å². The summed E-state index contributed by atoms with van der Waals surface area (Å²) in [5.41, 5.74) is 5.79. The van der Waals surface area contributed by atoms with Crippen LogP contribution in [0.2, 0.25) is 0 Å². The van der Waals surface area contributed by atoms with Gasteiger partial charge in [0.05, 0.1) is 6.42 Å². The summed E-state index contributed by atoms with van der Waals surface area (Å²) in [5.74, 6) is -0.532. The highest BCUT2D eigenvalue weighted by molar-refractivity contribution is 5.95. The number of aromatic nitrogens is 2. The van der Waals surface area contributed by atoms with Gasteiger partial charge in [-0.05, 0) is 18.4 Å². The molecule has 0 aliphatic rings. The van der Waals surface area contributed by atoms with Gasteiger partial charge in [-0.25, -0.2) is 4.79 Å². The topological polar surface area (TPSA) is 130 Å². The Bertz CT molecular complexity index is 1010. The van der Waals surface area contributed by atoms with Crippen molar-refractivity contribution in [2.45, 2.75) is 58.9 Å². The Labute approximate surface area is 187 Å². The third-order valence-corrected chi connectivity index (χ3v) is 5.12. The third kappa shape index (κ3) is 6.83. The van der Waals surface area contributed by atoms with Gasteiger partial charge in [0.1, 0.15) is 5.82 Å². The SMILES string of the molecule is CCCCN(C(=O)CCNC(=O)Cc1ccccc1)c1c(N)n(CCCC)c(=O)[nH]c1=O. The minimum absolute atomic E-state index is 0.00485. The molecule has 2 amide bonds. The lowest BCUT2D eigenvalue weighted by Gasteiger charge is -2.24. The van der Waals surface area contributed by atoms with Crippen LogP contribution in [-0.4, -0.2) is 34.5 Å². The maximum absolute atomic E-state index is 13.0. The van der Waals surface area contributed by atoms with Gasteiger partial charge >= 0.3 is 5.69 Å². The van der Waals surface area contributed by atoms with Crippen molar-refractivity contribution in [1.29, 1.82) is 0 Å². The van der Waals surface area contributed by atoms with Crippen LogP contribution in [0.3, 0.4) is 0 Å². The summed E-state index contributed by atoms with van der Waals surface area (Å²) in [6, 6.07) is 9.32. The molecule has 0 aliphatic carbocycles. The molecule has 0 saturated heterocycles. The number of nitrogens with one attached hydrogen (secondary N) is 2. The van der Waals surface area contributed by atoms with Crippen molar-refractivity contribution >= 4 is 23.3 Å². The number of nitrogens with zero attached hydrogens (tertiary/aromatic N) is 2. The number of benzene rings is 1. The fourth-order valence-electron chi connectivity index (χ4n) is 3.34. The number of unbranched alkanes of at least 4 members (excludes halogenated alkanes) is 2. The van der Waals surface area contributed by atoms with Crippen molar-refractivity contribution < 1.29 is 9.59 Å². The van der Waals surface area contributed by atoms with Crippen molar-refractivity contribution in [3.63, 3.8) is 0 Å². The highest BCUT2D eigenvalue weighted by atomic mass is 16.2. The summed E-state index contributed by atoms with van der Waals surface area (Å²) < 4.78 is 1.30. The molecule has 0 spiro atoms. The number of hydrogen-bond acceptors (Lipinski definition) is 5. The van der Waals surface area contributed by atoms with Crippen LogP contribution >= 0.6 is 0 Å². The molecule has 1 aromatic heterocycles. The standard InChI is InChI=1S/C23H33N5O4/c1-3-5-14-27(20-21(24)28(15-6-4-2)23(32)26-22(20)31)19(30)12-13-25-18(29)16-17-10-8-7-9-11-17/h7-11H,3-6,12-16,24H2,1-2H3,(H,25,29)(H,26,31,32). The number of H-pyrrole nitrogens is 1. The lowest BCUT2D eigenvalue weighted by molar-refractivity contribution is -0.121. The van der Waals surface area contributed by atoms with Crippen LogP contribution in [-0.2, 0) is 22.6 Å². The van der Waals surface area contributed by atoms with Gasteiger partial charge in [-0.15, -0.1) is 0 Å². The van der Waals surface area contributed by atoms with Crippen LogP contribution in [0.15, 0.2) is 39.9 Å². The Balaban J connectivity index is 2.13. The molecular formula is C23H33N5O4. The maximum atomic E-state index is 13.0. The van der Waals surface area contributed by atoms with Crippen LogP contribution < -0.4 is 27.2 Å². The van der Waals surface area contributed by atoms with E-state index in [-0.39, 0.29) is 42.7 Å². The fraction of sp³-hybridized carbons (Fsp3) is 0.478. The molecule has 1 heterocycles.